The van der Waals surface area contributed by atoms with Gasteiger partial charge in [0.1, 0.15) is 0 Å². The molecule has 37 heavy (non-hydrogen) atoms. The maximum Gasteiger partial charge on any atom is 0.257 e. The average molecular weight is 539 g/mol. The van der Waals surface area contributed by atoms with E-state index < -0.39 is 0 Å². The number of ether oxygens (including phenoxy) is 2. The molecule has 1 saturated heterocycles. The summed E-state index contributed by atoms with van der Waals surface area (Å²) in [5.41, 5.74) is 2.83. The summed E-state index contributed by atoms with van der Waals surface area (Å²) in [4.78, 5) is 29.4. The van der Waals surface area contributed by atoms with Crippen molar-refractivity contribution in [1.82, 2.24) is 10.2 Å². The lowest BCUT2D eigenvalue weighted by Crippen LogP contribution is -2.48. The minimum absolute atomic E-state index is 0.0134. The summed E-state index contributed by atoms with van der Waals surface area (Å²) in [5, 5.41) is 6.50. The highest BCUT2D eigenvalue weighted by Crippen LogP contribution is 2.27. The molecule has 0 atom stereocenters. The maximum absolute atomic E-state index is 12.7. The van der Waals surface area contributed by atoms with Gasteiger partial charge in [0.05, 0.1) is 14.2 Å². The van der Waals surface area contributed by atoms with E-state index in [1.165, 1.54) is 14.2 Å². The van der Waals surface area contributed by atoms with Gasteiger partial charge in [-0.2, -0.15) is 0 Å². The number of hydrogen-bond donors (Lipinski definition) is 2. The molecule has 4 rings (SSSR count). The van der Waals surface area contributed by atoms with Crippen molar-refractivity contribution in [2.24, 2.45) is 0 Å². The molecule has 0 radical (unpaired) electrons. The molecule has 0 unspecified atom stereocenters. The second-order valence-corrected chi connectivity index (χ2v) is 9.16. The SMILES string of the molecule is COc1ccc(C(=O)NC(=S)Nc2ccc(N3CCN(C(=O)c4ccc(Cl)cc4)CC3)cc2)cc1OC. The number of rotatable bonds is 6. The lowest BCUT2D eigenvalue weighted by atomic mass is 10.1. The number of carbonyl (C=O) groups is 2. The van der Waals surface area contributed by atoms with Gasteiger partial charge in [-0.1, -0.05) is 11.6 Å². The molecule has 0 aromatic heterocycles. The zero-order valence-corrected chi connectivity index (χ0v) is 22.1. The summed E-state index contributed by atoms with van der Waals surface area (Å²) in [6.07, 6.45) is 0. The monoisotopic (exact) mass is 538 g/mol. The Morgan fingerprint density at radius 2 is 1.46 bits per heavy atom. The van der Waals surface area contributed by atoms with Crippen LogP contribution in [0.1, 0.15) is 20.7 Å². The molecule has 0 saturated carbocycles. The van der Waals surface area contributed by atoms with Gasteiger partial charge in [-0.25, -0.2) is 0 Å². The second-order valence-electron chi connectivity index (χ2n) is 8.31. The smallest absolute Gasteiger partial charge is 0.257 e. The molecule has 1 heterocycles. The molecule has 1 aliphatic heterocycles. The van der Waals surface area contributed by atoms with Crippen molar-refractivity contribution in [2.45, 2.75) is 0 Å². The Bertz CT molecular complexity index is 1280. The Kier molecular flexibility index (Phi) is 8.47. The first-order valence-corrected chi connectivity index (χ1v) is 12.4. The number of benzene rings is 3. The van der Waals surface area contributed by atoms with Crippen LogP contribution in [0.2, 0.25) is 5.02 Å². The maximum atomic E-state index is 12.7. The van der Waals surface area contributed by atoms with Crippen molar-refractivity contribution >= 4 is 52.1 Å². The van der Waals surface area contributed by atoms with Gasteiger partial charge in [0.2, 0.25) is 0 Å². The number of carbonyl (C=O) groups excluding carboxylic acids is 2. The molecule has 3 aromatic rings. The van der Waals surface area contributed by atoms with Gasteiger partial charge in [0.15, 0.2) is 16.6 Å². The predicted octanol–water partition coefficient (Wildman–Crippen LogP) is 4.45. The van der Waals surface area contributed by atoms with E-state index in [4.69, 9.17) is 33.3 Å². The van der Waals surface area contributed by atoms with Crippen molar-refractivity contribution in [3.05, 3.63) is 82.9 Å². The van der Waals surface area contributed by atoms with E-state index in [0.717, 1.165) is 24.5 Å². The number of hydrogen-bond acceptors (Lipinski definition) is 6. The van der Waals surface area contributed by atoms with E-state index in [-0.39, 0.29) is 16.9 Å². The van der Waals surface area contributed by atoms with E-state index in [2.05, 4.69) is 15.5 Å². The molecule has 0 spiro atoms. The molecule has 2 amide bonds. The summed E-state index contributed by atoms with van der Waals surface area (Å²) in [7, 11) is 3.04. The molecular formula is C27H27ClN4O4S. The van der Waals surface area contributed by atoms with E-state index >= 15 is 0 Å². The summed E-state index contributed by atoms with van der Waals surface area (Å²) < 4.78 is 10.5. The first-order chi connectivity index (χ1) is 17.9. The molecular weight excluding hydrogens is 512 g/mol. The van der Waals surface area contributed by atoms with E-state index in [1.807, 2.05) is 29.2 Å². The van der Waals surface area contributed by atoms with Crippen molar-refractivity contribution in [1.29, 1.82) is 0 Å². The molecule has 1 fully saturated rings. The van der Waals surface area contributed by atoms with Crippen LogP contribution >= 0.6 is 23.8 Å². The highest BCUT2D eigenvalue weighted by atomic mass is 35.5. The van der Waals surface area contributed by atoms with E-state index in [0.29, 0.717) is 40.7 Å². The number of amides is 2. The van der Waals surface area contributed by atoms with Crippen LogP contribution in [0.4, 0.5) is 11.4 Å². The van der Waals surface area contributed by atoms with Crippen molar-refractivity contribution < 1.29 is 19.1 Å². The van der Waals surface area contributed by atoms with Crippen molar-refractivity contribution in [3.8, 4) is 11.5 Å². The zero-order chi connectivity index (χ0) is 26.4. The minimum Gasteiger partial charge on any atom is -0.493 e. The largest absolute Gasteiger partial charge is 0.493 e. The highest BCUT2D eigenvalue weighted by molar-refractivity contribution is 7.80. The fourth-order valence-electron chi connectivity index (χ4n) is 4.01. The van der Waals surface area contributed by atoms with Crippen LogP contribution in [-0.2, 0) is 0 Å². The minimum atomic E-state index is -0.360. The van der Waals surface area contributed by atoms with Crippen molar-refractivity contribution in [3.63, 3.8) is 0 Å². The van der Waals surface area contributed by atoms with Gasteiger partial charge in [-0.15, -0.1) is 0 Å². The summed E-state index contributed by atoms with van der Waals surface area (Å²) >= 11 is 11.2. The predicted molar refractivity (Wildman–Crippen MR) is 149 cm³/mol. The molecule has 192 valence electrons. The van der Waals surface area contributed by atoms with Crippen LogP contribution in [0.25, 0.3) is 0 Å². The normalized spacial score (nSPS) is 13.1. The summed E-state index contributed by atoms with van der Waals surface area (Å²) in [6, 6.07) is 19.6. The van der Waals surface area contributed by atoms with Gasteiger partial charge in [0, 0.05) is 53.7 Å². The lowest BCUT2D eigenvalue weighted by Gasteiger charge is -2.36. The highest BCUT2D eigenvalue weighted by Gasteiger charge is 2.22. The van der Waals surface area contributed by atoms with Crippen LogP contribution in [0.3, 0.4) is 0 Å². The van der Waals surface area contributed by atoms with Crippen molar-refractivity contribution in [2.75, 3.05) is 50.6 Å². The number of methoxy groups -OCH3 is 2. The third-order valence-corrected chi connectivity index (χ3v) is 6.48. The fourth-order valence-corrected chi connectivity index (χ4v) is 4.35. The Hall–Kier alpha value is -3.82. The molecule has 0 aliphatic carbocycles. The first-order valence-electron chi connectivity index (χ1n) is 11.6. The van der Waals surface area contributed by atoms with Gasteiger partial charge in [-0.05, 0) is 78.9 Å². The molecule has 3 aromatic carbocycles. The third-order valence-electron chi connectivity index (χ3n) is 6.02. The molecule has 0 bridgehead atoms. The van der Waals surface area contributed by atoms with E-state index in [9.17, 15) is 9.59 Å². The van der Waals surface area contributed by atoms with Crippen LogP contribution in [0.15, 0.2) is 66.7 Å². The molecule has 1 aliphatic rings. The number of nitrogens with zero attached hydrogens (tertiary/aromatic N) is 2. The number of halogens is 1. The van der Waals surface area contributed by atoms with Gasteiger partial charge in [0.25, 0.3) is 11.8 Å². The molecule has 2 N–H and O–H groups in total. The standard InChI is InChI=1S/C27H27ClN4O4S/c1-35-23-12-5-19(17-24(23)36-2)25(33)30-27(37)29-21-8-10-22(11-9-21)31-13-15-32(16-14-31)26(34)18-3-6-20(28)7-4-18/h3-12,17H,13-16H2,1-2H3,(H2,29,30,33,37). The van der Waals surface area contributed by atoms with Gasteiger partial charge in [-0.3, -0.25) is 14.9 Å². The van der Waals surface area contributed by atoms with Crippen LogP contribution in [0, 0.1) is 0 Å². The van der Waals surface area contributed by atoms with E-state index in [1.54, 1.807) is 42.5 Å². The number of anilines is 2. The van der Waals surface area contributed by atoms with Crippen LogP contribution < -0.4 is 25.0 Å². The topological polar surface area (TPSA) is 83.1 Å². The van der Waals surface area contributed by atoms with Gasteiger partial charge < -0.3 is 24.6 Å². The third kappa shape index (κ3) is 6.49. The molecule has 8 nitrogen and oxygen atoms in total. The van der Waals surface area contributed by atoms with Crippen LogP contribution in [0.5, 0.6) is 11.5 Å². The second kappa shape index (κ2) is 11.9. The Morgan fingerprint density at radius 3 is 2.08 bits per heavy atom. The number of thiocarbonyl (C=S) groups is 1. The first kappa shape index (κ1) is 26.2. The number of piperazine rings is 1. The molecule has 10 heteroatoms. The van der Waals surface area contributed by atoms with Gasteiger partial charge >= 0.3 is 0 Å². The Labute approximate surface area is 226 Å². The Morgan fingerprint density at radius 1 is 0.838 bits per heavy atom. The Balaban J connectivity index is 1.28. The summed E-state index contributed by atoms with van der Waals surface area (Å²) in [6.45, 7) is 2.72. The van der Waals surface area contributed by atoms with Crippen LogP contribution in [-0.4, -0.2) is 62.2 Å². The summed E-state index contributed by atoms with van der Waals surface area (Å²) in [5.74, 6) is 0.648. The average Bonchev–Trinajstić information content (AvgIpc) is 2.93. The number of nitrogens with one attached hydrogen (secondary N) is 2. The zero-order valence-electron chi connectivity index (χ0n) is 20.5. The fraction of sp³-hybridized carbons (Fsp3) is 0.222. The quantitative estimate of drug-likeness (QED) is 0.449. The lowest BCUT2D eigenvalue weighted by molar-refractivity contribution is 0.0746.